The van der Waals surface area contributed by atoms with Crippen LogP contribution in [0.5, 0.6) is 0 Å². The molecule has 0 bridgehead atoms. The van der Waals surface area contributed by atoms with E-state index in [-0.39, 0.29) is 0 Å². The van der Waals surface area contributed by atoms with Crippen molar-refractivity contribution in [3.63, 3.8) is 0 Å². The first-order valence-electron chi connectivity index (χ1n) is 5.57. The first-order valence-corrected chi connectivity index (χ1v) is 7.34. The van der Waals surface area contributed by atoms with Crippen molar-refractivity contribution in [1.29, 1.82) is 0 Å². The highest BCUT2D eigenvalue weighted by Gasteiger charge is 2.18. The number of anilines is 1. The molecule has 0 saturated carbocycles. The summed E-state index contributed by atoms with van der Waals surface area (Å²) in [5.74, 6) is 1.08. The van der Waals surface area contributed by atoms with Gasteiger partial charge in [0.25, 0.3) is 0 Å². The smallest absolute Gasteiger partial charge is 0.0608 e. The number of hydrogen-bond donors (Lipinski definition) is 1. The number of fused-ring (bicyclic) bond motifs is 1. The van der Waals surface area contributed by atoms with Crippen LogP contribution in [0.25, 0.3) is 0 Å². The van der Waals surface area contributed by atoms with Crippen LogP contribution in [-0.4, -0.2) is 5.75 Å². The Balaban J connectivity index is 1.86. The molecule has 1 aliphatic rings. The van der Waals surface area contributed by atoms with Gasteiger partial charge in [0.15, 0.2) is 0 Å². The molecule has 17 heavy (non-hydrogen) atoms. The SMILES string of the molecule is Brc1ccc(C2CSc3ccccc3N2)cc1. The van der Waals surface area contributed by atoms with Crippen molar-refractivity contribution >= 4 is 33.4 Å². The van der Waals surface area contributed by atoms with E-state index < -0.39 is 0 Å². The Morgan fingerprint density at radius 1 is 1.06 bits per heavy atom. The molecule has 1 atom stereocenters. The number of hydrogen-bond acceptors (Lipinski definition) is 2. The van der Waals surface area contributed by atoms with E-state index in [4.69, 9.17) is 0 Å². The Morgan fingerprint density at radius 3 is 2.65 bits per heavy atom. The van der Waals surface area contributed by atoms with Crippen molar-refractivity contribution in [2.45, 2.75) is 10.9 Å². The fraction of sp³-hybridized carbons (Fsp3) is 0.143. The van der Waals surface area contributed by atoms with Crippen LogP contribution in [0.2, 0.25) is 0 Å². The first kappa shape index (κ1) is 11.2. The Hall–Kier alpha value is -0.930. The Bertz CT molecular complexity index is 524. The molecule has 0 aliphatic carbocycles. The van der Waals surface area contributed by atoms with Gasteiger partial charge in [-0.25, -0.2) is 0 Å². The van der Waals surface area contributed by atoms with E-state index in [0.717, 1.165) is 10.2 Å². The van der Waals surface area contributed by atoms with Crippen LogP contribution < -0.4 is 5.32 Å². The average Bonchev–Trinajstić information content (AvgIpc) is 2.39. The van der Waals surface area contributed by atoms with E-state index in [1.165, 1.54) is 16.1 Å². The third-order valence-corrected chi connectivity index (χ3v) is 4.59. The second kappa shape index (κ2) is 4.75. The summed E-state index contributed by atoms with van der Waals surface area (Å²) in [6.45, 7) is 0. The molecule has 3 rings (SSSR count). The molecule has 3 heteroatoms. The third kappa shape index (κ3) is 2.35. The third-order valence-electron chi connectivity index (χ3n) is 2.89. The summed E-state index contributed by atoms with van der Waals surface area (Å²) in [5, 5.41) is 3.60. The van der Waals surface area contributed by atoms with Crippen LogP contribution in [0.3, 0.4) is 0 Å². The van der Waals surface area contributed by atoms with Gasteiger partial charge >= 0.3 is 0 Å². The van der Waals surface area contributed by atoms with E-state index in [1.807, 2.05) is 11.8 Å². The van der Waals surface area contributed by atoms with Crippen molar-refractivity contribution in [3.8, 4) is 0 Å². The largest absolute Gasteiger partial charge is 0.376 e. The van der Waals surface area contributed by atoms with E-state index in [0.29, 0.717) is 6.04 Å². The molecule has 0 spiro atoms. The van der Waals surface area contributed by atoms with Crippen molar-refractivity contribution < 1.29 is 0 Å². The van der Waals surface area contributed by atoms with Gasteiger partial charge in [-0.2, -0.15) is 0 Å². The van der Waals surface area contributed by atoms with Crippen LogP contribution in [-0.2, 0) is 0 Å². The predicted octanol–water partition coefficient (Wildman–Crippen LogP) is 4.71. The normalized spacial score (nSPS) is 18.3. The molecule has 0 amide bonds. The van der Waals surface area contributed by atoms with Gasteiger partial charge in [-0.1, -0.05) is 40.2 Å². The molecule has 0 radical (unpaired) electrons. The van der Waals surface area contributed by atoms with Crippen molar-refractivity contribution in [1.82, 2.24) is 0 Å². The summed E-state index contributed by atoms with van der Waals surface area (Å²) in [7, 11) is 0. The minimum absolute atomic E-state index is 0.406. The van der Waals surface area contributed by atoms with Crippen LogP contribution in [0.15, 0.2) is 57.9 Å². The molecule has 2 aromatic carbocycles. The maximum atomic E-state index is 3.60. The highest BCUT2D eigenvalue weighted by molar-refractivity contribution is 9.10. The quantitative estimate of drug-likeness (QED) is 0.819. The lowest BCUT2D eigenvalue weighted by Gasteiger charge is -2.26. The Kier molecular flexibility index (Phi) is 3.12. The zero-order valence-electron chi connectivity index (χ0n) is 9.19. The summed E-state index contributed by atoms with van der Waals surface area (Å²) >= 11 is 5.39. The minimum Gasteiger partial charge on any atom is -0.376 e. The van der Waals surface area contributed by atoms with Gasteiger partial charge in [-0.05, 0) is 29.8 Å². The van der Waals surface area contributed by atoms with E-state index >= 15 is 0 Å². The zero-order chi connectivity index (χ0) is 11.7. The lowest BCUT2D eigenvalue weighted by atomic mass is 10.1. The van der Waals surface area contributed by atoms with Crippen LogP contribution in [0.1, 0.15) is 11.6 Å². The van der Waals surface area contributed by atoms with Gasteiger partial charge in [0.2, 0.25) is 0 Å². The molecular formula is C14H12BrNS. The molecule has 1 nitrogen and oxygen atoms in total. The molecule has 0 fully saturated rings. The van der Waals surface area contributed by atoms with Crippen molar-refractivity contribution in [2.75, 3.05) is 11.1 Å². The van der Waals surface area contributed by atoms with Gasteiger partial charge in [0, 0.05) is 20.8 Å². The van der Waals surface area contributed by atoms with Crippen LogP contribution in [0, 0.1) is 0 Å². The molecule has 1 aliphatic heterocycles. The number of thioether (sulfide) groups is 1. The molecular weight excluding hydrogens is 294 g/mol. The molecule has 1 unspecified atom stereocenters. The van der Waals surface area contributed by atoms with Gasteiger partial charge in [0.05, 0.1) is 6.04 Å². The fourth-order valence-corrected chi connectivity index (χ4v) is 3.33. The lowest BCUT2D eigenvalue weighted by molar-refractivity contribution is 0.880. The van der Waals surface area contributed by atoms with Gasteiger partial charge in [-0.15, -0.1) is 11.8 Å². The van der Waals surface area contributed by atoms with Gasteiger partial charge in [-0.3, -0.25) is 0 Å². The number of para-hydroxylation sites is 1. The Labute approximate surface area is 114 Å². The molecule has 1 heterocycles. The molecule has 1 N–H and O–H groups in total. The predicted molar refractivity (Wildman–Crippen MR) is 77.7 cm³/mol. The van der Waals surface area contributed by atoms with Gasteiger partial charge in [0.1, 0.15) is 0 Å². The summed E-state index contributed by atoms with van der Waals surface area (Å²) in [6.07, 6.45) is 0. The second-order valence-electron chi connectivity index (χ2n) is 4.06. The number of nitrogens with one attached hydrogen (secondary N) is 1. The molecule has 2 aromatic rings. The summed E-state index contributed by atoms with van der Waals surface area (Å²) < 4.78 is 1.13. The second-order valence-corrected chi connectivity index (χ2v) is 6.03. The fourth-order valence-electron chi connectivity index (χ4n) is 1.99. The highest BCUT2D eigenvalue weighted by Crippen LogP contribution is 2.38. The van der Waals surface area contributed by atoms with E-state index in [2.05, 4.69) is 69.8 Å². The van der Waals surface area contributed by atoms with Crippen molar-refractivity contribution in [2.24, 2.45) is 0 Å². The number of rotatable bonds is 1. The minimum atomic E-state index is 0.406. The zero-order valence-corrected chi connectivity index (χ0v) is 11.6. The number of benzene rings is 2. The Morgan fingerprint density at radius 2 is 1.82 bits per heavy atom. The summed E-state index contributed by atoms with van der Waals surface area (Å²) in [5.41, 5.74) is 2.59. The van der Waals surface area contributed by atoms with Crippen LogP contribution >= 0.6 is 27.7 Å². The van der Waals surface area contributed by atoms with E-state index in [9.17, 15) is 0 Å². The molecule has 0 saturated heterocycles. The molecule has 86 valence electrons. The van der Waals surface area contributed by atoms with Crippen LogP contribution in [0.4, 0.5) is 5.69 Å². The highest BCUT2D eigenvalue weighted by atomic mass is 79.9. The maximum Gasteiger partial charge on any atom is 0.0608 e. The monoisotopic (exact) mass is 305 g/mol. The maximum absolute atomic E-state index is 3.60. The number of halogens is 1. The summed E-state index contributed by atoms with van der Waals surface area (Å²) in [4.78, 5) is 1.35. The first-order chi connectivity index (χ1) is 8.33. The lowest BCUT2D eigenvalue weighted by Crippen LogP contribution is -2.17. The van der Waals surface area contributed by atoms with Gasteiger partial charge < -0.3 is 5.32 Å². The average molecular weight is 306 g/mol. The standard InChI is InChI=1S/C14H12BrNS/c15-11-7-5-10(6-8-11)13-9-17-14-4-2-1-3-12(14)16-13/h1-8,13,16H,9H2. The molecule has 0 aromatic heterocycles. The van der Waals surface area contributed by atoms with Crippen molar-refractivity contribution in [3.05, 3.63) is 58.6 Å². The topological polar surface area (TPSA) is 12.0 Å². The van der Waals surface area contributed by atoms with E-state index in [1.54, 1.807) is 0 Å². The summed E-state index contributed by atoms with van der Waals surface area (Å²) in [6, 6.07) is 17.4.